The number of rotatable bonds is 4. The smallest absolute Gasteiger partial charge is 0.169 e. The van der Waals surface area contributed by atoms with Gasteiger partial charge in [-0.15, -0.1) is 0 Å². The van der Waals surface area contributed by atoms with Gasteiger partial charge in [0.05, 0.1) is 18.1 Å². The van der Waals surface area contributed by atoms with Gasteiger partial charge < -0.3 is 14.5 Å². The van der Waals surface area contributed by atoms with E-state index < -0.39 is 0 Å². The van der Waals surface area contributed by atoms with Gasteiger partial charge in [-0.25, -0.2) is 0 Å². The van der Waals surface area contributed by atoms with Crippen LogP contribution in [0.3, 0.4) is 0 Å². The first-order valence-electron chi connectivity index (χ1n) is 5.00. The lowest BCUT2D eigenvalue weighted by Gasteiger charge is -2.08. The van der Waals surface area contributed by atoms with Crippen molar-refractivity contribution in [1.82, 2.24) is 0 Å². The second-order valence-corrected chi connectivity index (χ2v) is 5.04. The Hall–Kier alpha value is -0.940. The second-order valence-electron chi connectivity index (χ2n) is 3.41. The first-order valence-corrected chi connectivity index (χ1v) is 6.59. The third-order valence-electron chi connectivity index (χ3n) is 2.25. The minimum Gasteiger partial charge on any atom is -0.495 e. The van der Waals surface area contributed by atoms with E-state index in [1.54, 1.807) is 7.11 Å². The van der Waals surface area contributed by atoms with Crippen LogP contribution in [0.25, 0.3) is 0 Å². The quantitative estimate of drug-likeness (QED) is 0.875. The molecule has 0 saturated carbocycles. The zero-order valence-electron chi connectivity index (χ0n) is 9.17. The van der Waals surface area contributed by atoms with Crippen molar-refractivity contribution in [2.24, 2.45) is 0 Å². The molecule has 0 amide bonds. The molecule has 3 nitrogen and oxygen atoms in total. The molecular formula is C12H11Br2NO2. The van der Waals surface area contributed by atoms with E-state index in [-0.39, 0.29) is 0 Å². The van der Waals surface area contributed by atoms with Crippen LogP contribution < -0.4 is 10.1 Å². The van der Waals surface area contributed by atoms with Crippen LogP contribution in [0.5, 0.6) is 5.75 Å². The van der Waals surface area contributed by atoms with Gasteiger partial charge in [0.25, 0.3) is 0 Å². The fourth-order valence-electron chi connectivity index (χ4n) is 1.41. The molecule has 0 radical (unpaired) electrons. The highest BCUT2D eigenvalue weighted by molar-refractivity contribution is 9.10. The Kier molecular flexibility index (Phi) is 4.12. The molecule has 1 heterocycles. The SMILES string of the molecule is COc1cc(NCc2ccc(Br)o2)ccc1Br. The Morgan fingerprint density at radius 3 is 2.71 bits per heavy atom. The summed E-state index contributed by atoms with van der Waals surface area (Å²) >= 11 is 6.68. The van der Waals surface area contributed by atoms with Crippen LogP contribution in [0.2, 0.25) is 0 Å². The molecule has 2 rings (SSSR count). The Balaban J connectivity index is 2.04. The molecule has 1 aromatic carbocycles. The molecule has 0 atom stereocenters. The first kappa shape index (κ1) is 12.5. The summed E-state index contributed by atoms with van der Waals surface area (Å²) in [6, 6.07) is 9.65. The Bertz CT molecular complexity index is 511. The lowest BCUT2D eigenvalue weighted by molar-refractivity contribution is 0.412. The zero-order chi connectivity index (χ0) is 12.3. The second kappa shape index (κ2) is 5.60. The van der Waals surface area contributed by atoms with E-state index in [0.717, 1.165) is 26.3 Å². The average Bonchev–Trinajstić information content (AvgIpc) is 2.74. The monoisotopic (exact) mass is 359 g/mol. The molecule has 2 aromatic rings. The van der Waals surface area contributed by atoms with Crippen LogP contribution in [-0.2, 0) is 6.54 Å². The van der Waals surface area contributed by atoms with E-state index in [1.165, 1.54) is 0 Å². The normalized spacial score (nSPS) is 10.3. The maximum Gasteiger partial charge on any atom is 0.169 e. The van der Waals surface area contributed by atoms with E-state index in [1.807, 2.05) is 30.3 Å². The molecule has 1 N–H and O–H groups in total. The van der Waals surface area contributed by atoms with Crippen LogP contribution in [0.4, 0.5) is 5.69 Å². The summed E-state index contributed by atoms with van der Waals surface area (Å²) in [6.07, 6.45) is 0. The van der Waals surface area contributed by atoms with Gasteiger partial charge >= 0.3 is 0 Å². The topological polar surface area (TPSA) is 34.4 Å². The van der Waals surface area contributed by atoms with Crippen molar-refractivity contribution in [2.75, 3.05) is 12.4 Å². The molecule has 17 heavy (non-hydrogen) atoms. The summed E-state index contributed by atoms with van der Waals surface area (Å²) in [5, 5.41) is 3.26. The van der Waals surface area contributed by atoms with Gasteiger partial charge in [-0.3, -0.25) is 0 Å². The summed E-state index contributed by atoms with van der Waals surface area (Å²) in [6.45, 7) is 0.635. The predicted octanol–water partition coefficient (Wildman–Crippen LogP) is 4.43. The Labute approximate surface area is 116 Å². The number of hydrogen-bond acceptors (Lipinski definition) is 3. The van der Waals surface area contributed by atoms with Gasteiger partial charge in [-0.1, -0.05) is 0 Å². The van der Waals surface area contributed by atoms with E-state index >= 15 is 0 Å². The molecule has 0 aliphatic heterocycles. The molecule has 1 aromatic heterocycles. The van der Waals surface area contributed by atoms with Gasteiger partial charge in [-0.2, -0.15) is 0 Å². The van der Waals surface area contributed by atoms with E-state index in [2.05, 4.69) is 37.2 Å². The van der Waals surface area contributed by atoms with Crippen molar-refractivity contribution in [2.45, 2.75) is 6.54 Å². The number of halogens is 2. The maximum absolute atomic E-state index is 5.40. The maximum atomic E-state index is 5.40. The van der Waals surface area contributed by atoms with Crippen LogP contribution in [0.15, 0.2) is 43.9 Å². The van der Waals surface area contributed by atoms with Crippen molar-refractivity contribution < 1.29 is 9.15 Å². The average molecular weight is 361 g/mol. The van der Waals surface area contributed by atoms with Gasteiger partial charge in [0.1, 0.15) is 11.5 Å². The minimum absolute atomic E-state index is 0.635. The number of benzene rings is 1. The molecule has 0 aliphatic carbocycles. The van der Waals surface area contributed by atoms with Gasteiger partial charge in [0, 0.05) is 11.8 Å². The highest BCUT2D eigenvalue weighted by atomic mass is 79.9. The first-order chi connectivity index (χ1) is 8.19. The van der Waals surface area contributed by atoms with E-state index in [4.69, 9.17) is 9.15 Å². The molecule has 0 bridgehead atoms. The number of ether oxygens (including phenoxy) is 1. The molecular weight excluding hydrogens is 350 g/mol. The largest absolute Gasteiger partial charge is 0.495 e. The molecule has 0 aliphatic rings. The number of hydrogen-bond donors (Lipinski definition) is 1. The fraction of sp³-hybridized carbons (Fsp3) is 0.167. The van der Waals surface area contributed by atoms with Gasteiger partial charge in [0.15, 0.2) is 4.67 Å². The molecule has 0 fully saturated rings. The number of methoxy groups -OCH3 is 1. The predicted molar refractivity (Wildman–Crippen MR) is 74.4 cm³/mol. The van der Waals surface area contributed by atoms with E-state index in [0.29, 0.717) is 6.54 Å². The van der Waals surface area contributed by atoms with Gasteiger partial charge in [0.2, 0.25) is 0 Å². The standard InChI is InChI=1S/C12H11Br2NO2/c1-16-11-6-8(2-4-10(11)13)15-7-9-3-5-12(14)17-9/h2-6,15H,7H2,1H3. The summed E-state index contributed by atoms with van der Waals surface area (Å²) in [7, 11) is 1.65. The van der Waals surface area contributed by atoms with Crippen molar-refractivity contribution in [3.8, 4) is 5.75 Å². The van der Waals surface area contributed by atoms with Crippen molar-refractivity contribution in [3.63, 3.8) is 0 Å². The van der Waals surface area contributed by atoms with Crippen molar-refractivity contribution >= 4 is 37.5 Å². The molecule has 90 valence electrons. The lowest BCUT2D eigenvalue weighted by Crippen LogP contribution is -1.98. The van der Waals surface area contributed by atoms with Gasteiger partial charge in [-0.05, 0) is 56.1 Å². The molecule has 0 unspecified atom stereocenters. The number of nitrogens with one attached hydrogen (secondary N) is 1. The highest BCUT2D eigenvalue weighted by Crippen LogP contribution is 2.28. The fourth-order valence-corrected chi connectivity index (χ4v) is 2.15. The van der Waals surface area contributed by atoms with Crippen LogP contribution >= 0.6 is 31.9 Å². The summed E-state index contributed by atoms with van der Waals surface area (Å²) in [5.41, 5.74) is 0.984. The summed E-state index contributed by atoms with van der Waals surface area (Å²) in [5.74, 6) is 1.68. The van der Waals surface area contributed by atoms with Crippen molar-refractivity contribution in [3.05, 3.63) is 45.2 Å². The lowest BCUT2D eigenvalue weighted by atomic mass is 10.3. The summed E-state index contributed by atoms with van der Waals surface area (Å²) < 4.78 is 12.3. The molecule has 5 heteroatoms. The van der Waals surface area contributed by atoms with Crippen LogP contribution in [0, 0.1) is 0 Å². The number of furan rings is 1. The minimum atomic E-state index is 0.635. The Morgan fingerprint density at radius 2 is 2.06 bits per heavy atom. The zero-order valence-corrected chi connectivity index (χ0v) is 12.3. The molecule has 0 spiro atoms. The third kappa shape index (κ3) is 3.26. The molecule has 0 saturated heterocycles. The number of anilines is 1. The van der Waals surface area contributed by atoms with E-state index in [9.17, 15) is 0 Å². The summed E-state index contributed by atoms with van der Waals surface area (Å²) in [4.78, 5) is 0. The highest BCUT2D eigenvalue weighted by Gasteiger charge is 2.03. The van der Waals surface area contributed by atoms with Crippen LogP contribution in [0.1, 0.15) is 5.76 Å². The third-order valence-corrected chi connectivity index (χ3v) is 3.33. The van der Waals surface area contributed by atoms with Crippen LogP contribution in [-0.4, -0.2) is 7.11 Å². The van der Waals surface area contributed by atoms with Crippen molar-refractivity contribution in [1.29, 1.82) is 0 Å². The Morgan fingerprint density at radius 1 is 1.24 bits per heavy atom.